The van der Waals surface area contributed by atoms with Crippen molar-refractivity contribution in [2.45, 2.75) is 33.2 Å². The van der Waals surface area contributed by atoms with Crippen LogP contribution in [-0.4, -0.2) is 17.5 Å². The summed E-state index contributed by atoms with van der Waals surface area (Å²) in [6.07, 6.45) is 1.69. The molecule has 0 atom stereocenters. The second-order valence-corrected chi connectivity index (χ2v) is 7.17. The zero-order valence-electron chi connectivity index (χ0n) is 16.6. The van der Waals surface area contributed by atoms with E-state index in [1.165, 1.54) is 5.56 Å². The van der Waals surface area contributed by atoms with Gasteiger partial charge in [0.1, 0.15) is 11.6 Å². The molecule has 4 nitrogen and oxygen atoms in total. The Bertz CT molecular complexity index is 888. The Morgan fingerprint density at radius 3 is 2.32 bits per heavy atom. The van der Waals surface area contributed by atoms with Gasteiger partial charge in [-0.25, -0.2) is 4.98 Å². The molecule has 0 radical (unpaired) electrons. The Balaban J connectivity index is 1.74. The van der Waals surface area contributed by atoms with Gasteiger partial charge in [0.25, 0.3) is 5.91 Å². The lowest BCUT2D eigenvalue weighted by atomic mass is 10.0. The van der Waals surface area contributed by atoms with E-state index in [-0.39, 0.29) is 12.5 Å². The van der Waals surface area contributed by atoms with Gasteiger partial charge in [-0.2, -0.15) is 0 Å². The molecular formula is C24H26N2O2. The average molecular weight is 374 g/mol. The van der Waals surface area contributed by atoms with Gasteiger partial charge in [0, 0.05) is 6.20 Å². The minimum atomic E-state index is -0.132. The molecule has 0 aliphatic heterocycles. The summed E-state index contributed by atoms with van der Waals surface area (Å²) in [6.45, 7) is 6.76. The molecule has 0 bridgehead atoms. The monoisotopic (exact) mass is 374 g/mol. The number of rotatable bonds is 7. The lowest BCUT2D eigenvalue weighted by Crippen LogP contribution is -2.35. The molecule has 1 aromatic heterocycles. The number of carbonyl (C=O) groups excluding carboxylic acids is 1. The van der Waals surface area contributed by atoms with Crippen molar-refractivity contribution in [1.29, 1.82) is 0 Å². The number of aromatic nitrogens is 1. The fourth-order valence-electron chi connectivity index (χ4n) is 2.86. The molecule has 4 heteroatoms. The number of nitrogens with zero attached hydrogens (tertiary/aromatic N) is 2. The Hall–Kier alpha value is -3.14. The van der Waals surface area contributed by atoms with Gasteiger partial charge in [-0.05, 0) is 48.2 Å². The molecule has 1 heterocycles. The van der Waals surface area contributed by atoms with Crippen molar-refractivity contribution in [3.63, 3.8) is 0 Å². The van der Waals surface area contributed by atoms with Crippen LogP contribution in [0.5, 0.6) is 5.75 Å². The van der Waals surface area contributed by atoms with E-state index in [2.05, 4.69) is 43.1 Å². The first-order valence-electron chi connectivity index (χ1n) is 9.52. The maximum absolute atomic E-state index is 12.9. The fraction of sp³-hybridized carbons (Fsp3) is 0.250. The quantitative estimate of drug-likeness (QED) is 0.576. The highest BCUT2D eigenvalue weighted by Gasteiger charge is 2.18. The molecule has 3 aromatic rings. The van der Waals surface area contributed by atoms with Crippen molar-refractivity contribution in [3.05, 3.63) is 89.6 Å². The molecule has 0 spiro atoms. The molecule has 144 valence electrons. The average Bonchev–Trinajstić information content (AvgIpc) is 2.72. The molecule has 2 aromatic carbocycles. The van der Waals surface area contributed by atoms with Crippen LogP contribution in [0.2, 0.25) is 0 Å². The normalized spacial score (nSPS) is 10.7. The van der Waals surface area contributed by atoms with E-state index in [0.717, 1.165) is 11.1 Å². The summed E-state index contributed by atoms with van der Waals surface area (Å²) in [7, 11) is 0. The molecular weight excluding hydrogens is 348 g/mol. The number of pyridine rings is 1. The number of benzene rings is 2. The smallest absolute Gasteiger partial charge is 0.266 e. The van der Waals surface area contributed by atoms with Gasteiger partial charge in [-0.3, -0.25) is 9.69 Å². The molecule has 3 rings (SSSR count). The van der Waals surface area contributed by atoms with Crippen molar-refractivity contribution < 1.29 is 9.53 Å². The van der Waals surface area contributed by atoms with Crippen molar-refractivity contribution in [2.24, 2.45) is 0 Å². The van der Waals surface area contributed by atoms with Gasteiger partial charge < -0.3 is 4.74 Å². The highest BCUT2D eigenvalue weighted by atomic mass is 16.5. The van der Waals surface area contributed by atoms with Crippen LogP contribution in [0.4, 0.5) is 5.82 Å². The third-order valence-corrected chi connectivity index (χ3v) is 4.60. The van der Waals surface area contributed by atoms with E-state index in [1.807, 2.05) is 49.4 Å². The minimum absolute atomic E-state index is 0.0380. The molecule has 28 heavy (non-hydrogen) atoms. The van der Waals surface area contributed by atoms with Crippen molar-refractivity contribution in [1.82, 2.24) is 4.98 Å². The Labute approximate surface area is 166 Å². The second-order valence-electron chi connectivity index (χ2n) is 7.17. The fourth-order valence-corrected chi connectivity index (χ4v) is 2.86. The minimum Gasteiger partial charge on any atom is -0.484 e. The van der Waals surface area contributed by atoms with E-state index in [1.54, 1.807) is 11.1 Å². The topological polar surface area (TPSA) is 42.4 Å². The molecule has 0 saturated heterocycles. The number of aryl methyl sites for hydroxylation is 1. The summed E-state index contributed by atoms with van der Waals surface area (Å²) in [4.78, 5) is 18.9. The predicted octanol–water partition coefficient (Wildman–Crippen LogP) is 5.13. The SMILES string of the molecule is Cc1ccc(OCC(=O)N(Cc2ccc(C(C)C)cc2)c2ccccn2)cc1. The summed E-state index contributed by atoms with van der Waals surface area (Å²) in [5.74, 6) is 1.65. The first-order chi connectivity index (χ1) is 13.5. The zero-order chi connectivity index (χ0) is 19.9. The first-order valence-corrected chi connectivity index (χ1v) is 9.52. The number of anilines is 1. The Morgan fingerprint density at radius 2 is 1.71 bits per heavy atom. The lowest BCUT2D eigenvalue weighted by Gasteiger charge is -2.22. The number of carbonyl (C=O) groups is 1. The number of amides is 1. The van der Waals surface area contributed by atoms with Crippen LogP contribution in [-0.2, 0) is 11.3 Å². The van der Waals surface area contributed by atoms with Gasteiger partial charge in [-0.1, -0.05) is 61.9 Å². The maximum atomic E-state index is 12.9. The van der Waals surface area contributed by atoms with Crippen LogP contribution >= 0.6 is 0 Å². The van der Waals surface area contributed by atoms with Crippen LogP contribution in [0.1, 0.15) is 36.5 Å². The number of hydrogen-bond donors (Lipinski definition) is 0. The lowest BCUT2D eigenvalue weighted by molar-refractivity contribution is -0.120. The summed E-state index contributed by atoms with van der Waals surface area (Å²) in [6, 6.07) is 21.6. The van der Waals surface area contributed by atoms with E-state index >= 15 is 0 Å². The molecule has 0 saturated carbocycles. The molecule has 0 aliphatic carbocycles. The Morgan fingerprint density at radius 1 is 1.00 bits per heavy atom. The van der Waals surface area contributed by atoms with E-state index in [4.69, 9.17) is 4.74 Å². The molecule has 0 N–H and O–H groups in total. The predicted molar refractivity (Wildman–Crippen MR) is 113 cm³/mol. The van der Waals surface area contributed by atoms with Gasteiger partial charge in [0.2, 0.25) is 0 Å². The zero-order valence-corrected chi connectivity index (χ0v) is 16.6. The second kappa shape index (κ2) is 9.18. The van der Waals surface area contributed by atoms with E-state index < -0.39 is 0 Å². The van der Waals surface area contributed by atoms with Gasteiger partial charge in [0.15, 0.2) is 6.61 Å². The third kappa shape index (κ3) is 5.19. The summed E-state index contributed by atoms with van der Waals surface area (Å²) in [5, 5.41) is 0. The van der Waals surface area contributed by atoms with E-state index in [9.17, 15) is 4.79 Å². The van der Waals surface area contributed by atoms with Gasteiger partial charge in [0.05, 0.1) is 6.54 Å². The standard InChI is InChI=1S/C24H26N2O2/c1-18(2)21-11-9-20(10-12-21)16-26(23-6-4-5-15-25-23)24(27)17-28-22-13-7-19(3)8-14-22/h4-15,18H,16-17H2,1-3H3. The molecule has 0 aliphatic rings. The van der Waals surface area contributed by atoms with E-state index in [0.29, 0.717) is 24.0 Å². The number of ether oxygens (including phenoxy) is 1. The first kappa shape index (κ1) is 19.6. The van der Waals surface area contributed by atoms with Gasteiger partial charge in [-0.15, -0.1) is 0 Å². The third-order valence-electron chi connectivity index (χ3n) is 4.60. The molecule has 0 fully saturated rings. The highest BCUT2D eigenvalue weighted by Crippen LogP contribution is 2.19. The van der Waals surface area contributed by atoms with Crippen LogP contribution in [0.3, 0.4) is 0 Å². The van der Waals surface area contributed by atoms with Crippen LogP contribution in [0, 0.1) is 6.92 Å². The summed E-state index contributed by atoms with van der Waals surface area (Å²) >= 11 is 0. The van der Waals surface area contributed by atoms with Crippen molar-refractivity contribution in [3.8, 4) is 5.75 Å². The Kier molecular flexibility index (Phi) is 6.43. The summed E-state index contributed by atoms with van der Waals surface area (Å²) < 4.78 is 5.69. The largest absolute Gasteiger partial charge is 0.484 e. The van der Waals surface area contributed by atoms with Gasteiger partial charge >= 0.3 is 0 Å². The number of hydrogen-bond acceptors (Lipinski definition) is 3. The highest BCUT2D eigenvalue weighted by molar-refractivity contribution is 5.93. The van der Waals surface area contributed by atoms with Crippen LogP contribution < -0.4 is 9.64 Å². The van der Waals surface area contributed by atoms with Crippen LogP contribution in [0.15, 0.2) is 72.9 Å². The van der Waals surface area contributed by atoms with Crippen molar-refractivity contribution in [2.75, 3.05) is 11.5 Å². The maximum Gasteiger partial charge on any atom is 0.266 e. The molecule has 1 amide bonds. The van der Waals surface area contributed by atoms with Crippen LogP contribution in [0.25, 0.3) is 0 Å². The van der Waals surface area contributed by atoms with Crippen molar-refractivity contribution >= 4 is 11.7 Å². The summed E-state index contributed by atoms with van der Waals surface area (Å²) in [5.41, 5.74) is 3.49. The molecule has 0 unspecified atom stereocenters.